The van der Waals surface area contributed by atoms with E-state index in [1.807, 2.05) is 4.90 Å². The Bertz CT molecular complexity index is 1400. The number of amides is 3. The fraction of sp³-hybridized carbons (Fsp3) is 0.286. The number of hydrogen-bond donors (Lipinski definition) is 3. The van der Waals surface area contributed by atoms with Gasteiger partial charge < -0.3 is 30.3 Å². The van der Waals surface area contributed by atoms with E-state index in [1.54, 1.807) is 35.4 Å². The monoisotopic (exact) mass is 580 g/mol. The molecule has 4 rings (SSSR count). The molecule has 13 heteroatoms. The Labute approximate surface area is 241 Å². The first-order valence-electron chi connectivity index (χ1n) is 12.8. The maximum absolute atomic E-state index is 13.3. The van der Waals surface area contributed by atoms with Crippen molar-refractivity contribution in [3.05, 3.63) is 82.9 Å². The van der Waals surface area contributed by atoms with Crippen molar-refractivity contribution in [2.75, 3.05) is 43.5 Å². The molecule has 0 bridgehead atoms. The number of aromatic nitrogens is 2. The Balaban J connectivity index is 1.63. The van der Waals surface area contributed by atoms with Crippen LogP contribution in [0.3, 0.4) is 0 Å². The van der Waals surface area contributed by atoms with Crippen LogP contribution in [0.15, 0.2) is 61.1 Å². The average Bonchev–Trinajstić information content (AvgIpc) is 3.23. The molecule has 1 aliphatic rings. The third-order valence-corrected chi connectivity index (χ3v) is 6.76. The van der Waals surface area contributed by atoms with E-state index in [2.05, 4.69) is 20.6 Å². The zero-order chi connectivity index (χ0) is 29.4. The lowest BCUT2D eigenvalue weighted by Crippen LogP contribution is -2.35. The minimum atomic E-state index is -1.08. The van der Waals surface area contributed by atoms with E-state index < -0.39 is 29.9 Å². The van der Waals surface area contributed by atoms with Crippen molar-refractivity contribution >= 4 is 46.9 Å². The van der Waals surface area contributed by atoms with Crippen LogP contribution in [0.5, 0.6) is 0 Å². The number of rotatable bonds is 8. The number of nitrogens with one attached hydrogen (secondary N) is 2. The molecule has 1 aromatic carbocycles. The third kappa shape index (κ3) is 7.70. The Morgan fingerprint density at radius 2 is 1.83 bits per heavy atom. The van der Waals surface area contributed by atoms with E-state index >= 15 is 0 Å². The molecule has 0 radical (unpaired) electrons. The molecule has 3 heterocycles. The van der Waals surface area contributed by atoms with Crippen molar-refractivity contribution in [3.8, 4) is 0 Å². The van der Waals surface area contributed by atoms with E-state index in [0.29, 0.717) is 49.5 Å². The quantitative estimate of drug-likeness (QED) is 0.339. The minimum absolute atomic E-state index is 0.212. The zero-order valence-electron chi connectivity index (χ0n) is 22.2. The summed E-state index contributed by atoms with van der Waals surface area (Å²) in [7, 11) is 1.34. The molecule has 0 aliphatic carbocycles. The van der Waals surface area contributed by atoms with E-state index in [4.69, 9.17) is 16.3 Å². The van der Waals surface area contributed by atoms with Gasteiger partial charge in [-0.05, 0) is 48.4 Å². The molecule has 0 spiro atoms. The Morgan fingerprint density at radius 3 is 2.51 bits per heavy atom. The Morgan fingerprint density at radius 1 is 1.02 bits per heavy atom. The fourth-order valence-electron chi connectivity index (χ4n) is 4.48. The van der Waals surface area contributed by atoms with Gasteiger partial charge in [0.2, 0.25) is 0 Å². The van der Waals surface area contributed by atoms with Crippen LogP contribution in [0.1, 0.15) is 45.2 Å². The van der Waals surface area contributed by atoms with Gasteiger partial charge >= 0.3 is 12.1 Å². The number of carbonyl (C=O) groups is 4. The summed E-state index contributed by atoms with van der Waals surface area (Å²) in [5, 5.41) is 15.3. The molecule has 1 aliphatic heterocycles. The van der Waals surface area contributed by atoms with Gasteiger partial charge in [0.15, 0.2) is 0 Å². The summed E-state index contributed by atoms with van der Waals surface area (Å²) >= 11 is 5.86. The number of ether oxygens (including phenoxy) is 1. The van der Waals surface area contributed by atoms with Gasteiger partial charge in [-0.15, -0.1) is 0 Å². The van der Waals surface area contributed by atoms with Gasteiger partial charge in [-0.1, -0.05) is 17.7 Å². The number of halogens is 1. The van der Waals surface area contributed by atoms with Crippen molar-refractivity contribution in [2.45, 2.75) is 18.9 Å². The summed E-state index contributed by atoms with van der Waals surface area (Å²) in [5.74, 6) is -2.07. The number of pyridine rings is 2. The van der Waals surface area contributed by atoms with Gasteiger partial charge in [0, 0.05) is 50.3 Å². The number of nitrogens with zero attached hydrogens (tertiary/aromatic N) is 4. The largest absolute Gasteiger partial charge is 0.481 e. The number of hydrogen-bond acceptors (Lipinski definition) is 8. The molecule has 3 amide bonds. The van der Waals surface area contributed by atoms with Gasteiger partial charge in [-0.3, -0.25) is 19.4 Å². The highest BCUT2D eigenvalue weighted by Crippen LogP contribution is 2.30. The summed E-state index contributed by atoms with van der Waals surface area (Å²) in [5.41, 5.74) is 2.03. The van der Waals surface area contributed by atoms with Crippen molar-refractivity contribution in [1.29, 1.82) is 0 Å². The van der Waals surface area contributed by atoms with Gasteiger partial charge in [-0.25, -0.2) is 9.78 Å². The van der Waals surface area contributed by atoms with Crippen molar-refractivity contribution in [1.82, 2.24) is 20.2 Å². The predicted molar refractivity (Wildman–Crippen MR) is 151 cm³/mol. The SMILES string of the molecule is COC(=O)N1CCCN(c2ccc(C(=O)NC(CC(=O)O)c3cccnc3)cc2NC(=O)c2ccc(Cl)nc2)CC1. The molecule has 1 saturated heterocycles. The van der Waals surface area contributed by atoms with Gasteiger partial charge in [0.1, 0.15) is 5.15 Å². The smallest absolute Gasteiger partial charge is 0.409 e. The van der Waals surface area contributed by atoms with Gasteiger partial charge in [0.25, 0.3) is 11.8 Å². The number of benzene rings is 1. The fourth-order valence-corrected chi connectivity index (χ4v) is 4.59. The molecular weight excluding hydrogens is 552 g/mol. The molecule has 214 valence electrons. The number of anilines is 2. The second-order valence-electron chi connectivity index (χ2n) is 9.26. The molecule has 0 saturated carbocycles. The summed E-state index contributed by atoms with van der Waals surface area (Å²) in [6.07, 6.45) is 4.31. The molecule has 41 heavy (non-hydrogen) atoms. The van der Waals surface area contributed by atoms with Crippen LogP contribution in [0.4, 0.5) is 16.2 Å². The molecule has 1 fully saturated rings. The van der Waals surface area contributed by atoms with Gasteiger partial charge in [0.05, 0.1) is 36.5 Å². The number of carboxylic acid groups (broad SMARTS) is 1. The number of aliphatic carboxylic acids is 1. The molecule has 3 aromatic rings. The highest BCUT2D eigenvalue weighted by molar-refractivity contribution is 6.29. The zero-order valence-corrected chi connectivity index (χ0v) is 23.0. The molecule has 3 N–H and O–H groups in total. The lowest BCUT2D eigenvalue weighted by atomic mass is 10.0. The summed E-state index contributed by atoms with van der Waals surface area (Å²) in [4.78, 5) is 61.6. The first kappa shape index (κ1) is 29.3. The number of methoxy groups -OCH3 is 1. The van der Waals surface area contributed by atoms with Crippen LogP contribution >= 0.6 is 11.6 Å². The highest BCUT2D eigenvalue weighted by Gasteiger charge is 2.24. The van der Waals surface area contributed by atoms with E-state index in [0.717, 1.165) is 0 Å². The predicted octanol–water partition coefficient (Wildman–Crippen LogP) is 3.61. The van der Waals surface area contributed by atoms with Gasteiger partial charge in [-0.2, -0.15) is 0 Å². The highest BCUT2D eigenvalue weighted by atomic mass is 35.5. The molecule has 12 nitrogen and oxygen atoms in total. The maximum Gasteiger partial charge on any atom is 0.409 e. The molecule has 2 aromatic heterocycles. The Hall–Kier alpha value is -4.71. The van der Waals surface area contributed by atoms with Crippen LogP contribution in [-0.2, 0) is 9.53 Å². The van der Waals surface area contributed by atoms with Crippen LogP contribution in [-0.4, -0.2) is 77.1 Å². The van der Waals surface area contributed by atoms with Crippen molar-refractivity contribution < 1.29 is 29.0 Å². The lowest BCUT2D eigenvalue weighted by molar-refractivity contribution is -0.137. The molecular formula is C28H29ClN6O6. The van der Waals surface area contributed by atoms with Crippen LogP contribution in [0.25, 0.3) is 0 Å². The lowest BCUT2D eigenvalue weighted by Gasteiger charge is -2.26. The first-order chi connectivity index (χ1) is 19.7. The summed E-state index contributed by atoms with van der Waals surface area (Å²) in [6.45, 7) is 1.98. The van der Waals surface area contributed by atoms with E-state index in [-0.39, 0.29) is 22.7 Å². The second kappa shape index (κ2) is 13.6. The molecule has 1 unspecified atom stereocenters. The summed E-state index contributed by atoms with van der Waals surface area (Å²) in [6, 6.07) is 10.4. The normalized spacial score (nSPS) is 14.0. The van der Waals surface area contributed by atoms with E-state index in [1.165, 1.54) is 37.7 Å². The van der Waals surface area contributed by atoms with Crippen LogP contribution < -0.4 is 15.5 Å². The topological polar surface area (TPSA) is 154 Å². The standard InChI is InChI=1S/C28H29ClN6O6/c1-41-28(40)35-11-3-10-34(12-13-35)23-7-5-18(14-22(23)33-27(39)20-6-8-24(29)31-17-20)26(38)32-21(15-25(36)37)19-4-2-9-30-16-19/h2,4-9,14,16-17,21H,3,10-13,15H2,1H3,(H,32,38)(H,33,39)(H,36,37). The number of carboxylic acids is 1. The number of carbonyl (C=O) groups excluding carboxylic acids is 3. The average molecular weight is 581 g/mol. The van der Waals surface area contributed by atoms with Crippen molar-refractivity contribution in [2.24, 2.45) is 0 Å². The van der Waals surface area contributed by atoms with Crippen LogP contribution in [0.2, 0.25) is 5.15 Å². The maximum atomic E-state index is 13.3. The molecule has 1 atom stereocenters. The Kier molecular flexibility index (Phi) is 9.69. The second-order valence-corrected chi connectivity index (χ2v) is 9.65. The van der Waals surface area contributed by atoms with E-state index in [9.17, 15) is 24.3 Å². The first-order valence-corrected chi connectivity index (χ1v) is 13.2. The minimum Gasteiger partial charge on any atom is -0.481 e. The van der Waals surface area contributed by atoms with Crippen LogP contribution in [0, 0.1) is 0 Å². The van der Waals surface area contributed by atoms with Crippen molar-refractivity contribution in [3.63, 3.8) is 0 Å². The summed E-state index contributed by atoms with van der Waals surface area (Å²) < 4.78 is 4.86. The third-order valence-electron chi connectivity index (χ3n) is 6.54.